The van der Waals surface area contributed by atoms with Crippen LogP contribution in [0.4, 0.5) is 0 Å². The number of aliphatic hydroxyl groups excluding tert-OH is 1. The van der Waals surface area contributed by atoms with Gasteiger partial charge >= 0.3 is 0 Å². The van der Waals surface area contributed by atoms with Gasteiger partial charge < -0.3 is 5.11 Å². The van der Waals surface area contributed by atoms with Gasteiger partial charge in [-0.05, 0) is 37.0 Å². The van der Waals surface area contributed by atoms with Crippen LogP contribution in [-0.4, -0.2) is 32.1 Å². The number of aliphatic hydroxyl groups is 1. The molecule has 0 spiro atoms. The van der Waals surface area contributed by atoms with Crippen molar-refractivity contribution < 1.29 is 13.5 Å². The Hall–Kier alpha value is 0.0200. The van der Waals surface area contributed by atoms with E-state index in [1.807, 2.05) is 6.26 Å². The zero-order chi connectivity index (χ0) is 15.9. The van der Waals surface area contributed by atoms with E-state index in [2.05, 4.69) is 4.72 Å². The Morgan fingerprint density at radius 3 is 2.57 bits per heavy atom. The van der Waals surface area contributed by atoms with E-state index in [0.29, 0.717) is 6.54 Å². The van der Waals surface area contributed by atoms with E-state index >= 15 is 0 Å². The summed E-state index contributed by atoms with van der Waals surface area (Å²) in [5, 5.41) is 9.42. The SMILES string of the molecule is CSCCCCCNS(=O)(=O)c1ccc(Cl)c(CO)c1Cl. The Morgan fingerprint density at radius 1 is 1.24 bits per heavy atom. The summed E-state index contributed by atoms with van der Waals surface area (Å²) in [6.07, 6.45) is 4.86. The van der Waals surface area contributed by atoms with E-state index < -0.39 is 16.6 Å². The van der Waals surface area contributed by atoms with Crippen LogP contribution in [0.2, 0.25) is 10.0 Å². The van der Waals surface area contributed by atoms with Crippen LogP contribution in [0.25, 0.3) is 0 Å². The third-order valence-corrected chi connectivity index (χ3v) is 6.01. The molecule has 0 aromatic heterocycles. The van der Waals surface area contributed by atoms with Crippen molar-refractivity contribution in [2.45, 2.75) is 30.8 Å². The van der Waals surface area contributed by atoms with Gasteiger partial charge in [-0.2, -0.15) is 11.8 Å². The summed E-state index contributed by atoms with van der Waals surface area (Å²) in [5.41, 5.74) is 0.223. The second-order valence-electron chi connectivity index (χ2n) is 4.45. The summed E-state index contributed by atoms with van der Waals surface area (Å²) >= 11 is 13.7. The Labute approximate surface area is 140 Å². The number of nitrogens with one attached hydrogen (secondary N) is 1. The van der Waals surface area contributed by atoms with E-state index in [1.54, 1.807) is 11.8 Å². The first-order chi connectivity index (χ1) is 9.94. The van der Waals surface area contributed by atoms with Crippen LogP contribution in [0, 0.1) is 0 Å². The number of sulfonamides is 1. The lowest BCUT2D eigenvalue weighted by Gasteiger charge is -2.11. The van der Waals surface area contributed by atoms with Crippen molar-refractivity contribution in [3.63, 3.8) is 0 Å². The summed E-state index contributed by atoms with van der Waals surface area (Å²) in [4.78, 5) is -0.0540. The van der Waals surface area contributed by atoms with Crippen LogP contribution in [0.3, 0.4) is 0 Å². The molecule has 0 atom stereocenters. The van der Waals surface area contributed by atoms with E-state index in [9.17, 15) is 13.5 Å². The molecule has 0 unspecified atom stereocenters. The van der Waals surface area contributed by atoms with Crippen molar-refractivity contribution >= 4 is 45.0 Å². The highest BCUT2D eigenvalue weighted by Crippen LogP contribution is 2.30. The first-order valence-corrected chi connectivity index (χ1v) is 10.1. The molecule has 4 nitrogen and oxygen atoms in total. The van der Waals surface area contributed by atoms with Gasteiger partial charge in [-0.15, -0.1) is 0 Å². The van der Waals surface area contributed by atoms with Gasteiger partial charge in [-0.3, -0.25) is 0 Å². The van der Waals surface area contributed by atoms with Gasteiger partial charge in [0, 0.05) is 17.1 Å². The van der Waals surface area contributed by atoms with Gasteiger partial charge in [-0.1, -0.05) is 29.6 Å². The molecule has 0 saturated heterocycles. The molecule has 1 rings (SSSR count). The van der Waals surface area contributed by atoms with Gasteiger partial charge in [0.15, 0.2) is 0 Å². The largest absolute Gasteiger partial charge is 0.392 e. The maximum Gasteiger partial charge on any atom is 0.242 e. The van der Waals surface area contributed by atoms with Gasteiger partial charge in [0.2, 0.25) is 10.0 Å². The molecule has 0 aliphatic rings. The molecular weight excluding hydrogens is 353 g/mol. The monoisotopic (exact) mass is 371 g/mol. The summed E-state index contributed by atoms with van der Waals surface area (Å²) in [5.74, 6) is 1.08. The van der Waals surface area contributed by atoms with Crippen molar-refractivity contribution in [1.82, 2.24) is 4.72 Å². The molecule has 0 heterocycles. The van der Waals surface area contributed by atoms with Crippen LogP contribution in [0.1, 0.15) is 24.8 Å². The molecular formula is C13H19Cl2NO3S2. The molecule has 1 aromatic carbocycles. The third kappa shape index (κ3) is 5.62. The van der Waals surface area contributed by atoms with Crippen LogP contribution < -0.4 is 4.72 Å². The molecule has 0 fully saturated rings. The lowest BCUT2D eigenvalue weighted by Crippen LogP contribution is -2.25. The second-order valence-corrected chi connectivity index (χ2v) is 7.95. The molecule has 0 radical (unpaired) electrons. The minimum Gasteiger partial charge on any atom is -0.392 e. The fourth-order valence-electron chi connectivity index (χ4n) is 1.76. The standard InChI is InChI=1S/C13H19Cl2NO3S2/c1-20-8-4-2-3-7-16-21(18,19)12-6-5-11(14)10(9-17)13(12)15/h5-6,16-17H,2-4,7-9H2,1H3. The lowest BCUT2D eigenvalue weighted by molar-refractivity contribution is 0.281. The molecule has 2 N–H and O–H groups in total. The number of benzene rings is 1. The lowest BCUT2D eigenvalue weighted by atomic mass is 10.2. The maximum atomic E-state index is 12.2. The van der Waals surface area contributed by atoms with Gasteiger partial charge in [0.05, 0.1) is 11.6 Å². The highest BCUT2D eigenvalue weighted by Gasteiger charge is 2.20. The van der Waals surface area contributed by atoms with Gasteiger partial charge in [-0.25, -0.2) is 13.1 Å². The zero-order valence-corrected chi connectivity index (χ0v) is 14.9. The summed E-state index contributed by atoms with van der Waals surface area (Å²) in [6, 6.07) is 2.77. The smallest absolute Gasteiger partial charge is 0.242 e. The molecule has 120 valence electrons. The van der Waals surface area contributed by atoms with Crippen molar-refractivity contribution in [2.24, 2.45) is 0 Å². The van der Waals surface area contributed by atoms with Crippen LogP contribution in [-0.2, 0) is 16.6 Å². The molecule has 0 saturated carbocycles. The fourth-order valence-corrected chi connectivity index (χ4v) is 4.22. The third-order valence-electron chi connectivity index (χ3n) is 2.92. The molecule has 0 aliphatic heterocycles. The minimum absolute atomic E-state index is 0.0279. The normalized spacial score (nSPS) is 11.8. The molecule has 0 aliphatic carbocycles. The Balaban J connectivity index is 2.71. The molecule has 8 heteroatoms. The van der Waals surface area contributed by atoms with Crippen molar-refractivity contribution in [3.05, 3.63) is 27.7 Å². The quantitative estimate of drug-likeness (QED) is 0.653. The van der Waals surface area contributed by atoms with E-state index in [-0.39, 0.29) is 20.5 Å². The minimum atomic E-state index is -3.69. The molecule has 0 amide bonds. The summed E-state index contributed by atoms with van der Waals surface area (Å²) in [7, 11) is -3.69. The molecule has 1 aromatic rings. The van der Waals surface area contributed by atoms with E-state index in [0.717, 1.165) is 25.0 Å². The van der Waals surface area contributed by atoms with Crippen LogP contribution >= 0.6 is 35.0 Å². The number of unbranched alkanes of at least 4 members (excludes halogenated alkanes) is 2. The van der Waals surface area contributed by atoms with Crippen LogP contribution in [0.15, 0.2) is 17.0 Å². The Bertz CT molecular complexity index is 565. The van der Waals surface area contributed by atoms with E-state index in [1.165, 1.54) is 12.1 Å². The molecule has 21 heavy (non-hydrogen) atoms. The van der Waals surface area contributed by atoms with Crippen LogP contribution in [0.5, 0.6) is 0 Å². The first kappa shape index (κ1) is 19.1. The average Bonchev–Trinajstić information content (AvgIpc) is 2.43. The zero-order valence-electron chi connectivity index (χ0n) is 11.7. The number of halogens is 2. The fraction of sp³-hybridized carbons (Fsp3) is 0.538. The topological polar surface area (TPSA) is 66.4 Å². The first-order valence-electron chi connectivity index (χ1n) is 6.50. The Morgan fingerprint density at radius 2 is 1.95 bits per heavy atom. The number of thioether (sulfide) groups is 1. The summed E-state index contributed by atoms with van der Waals surface area (Å²) < 4.78 is 26.9. The Kier molecular flexibility index (Phi) is 8.38. The predicted octanol–water partition coefficient (Wildman–Crippen LogP) is 3.30. The van der Waals surface area contributed by atoms with Gasteiger partial charge in [0.25, 0.3) is 0 Å². The van der Waals surface area contributed by atoms with Crippen molar-refractivity contribution in [2.75, 3.05) is 18.6 Å². The summed E-state index contributed by atoms with van der Waals surface area (Å²) in [6.45, 7) is -0.0418. The maximum absolute atomic E-state index is 12.2. The highest BCUT2D eigenvalue weighted by molar-refractivity contribution is 7.98. The number of hydrogen-bond donors (Lipinski definition) is 2. The van der Waals surface area contributed by atoms with Gasteiger partial charge in [0.1, 0.15) is 4.90 Å². The molecule has 0 bridgehead atoms. The number of rotatable bonds is 9. The van der Waals surface area contributed by atoms with E-state index in [4.69, 9.17) is 23.2 Å². The van der Waals surface area contributed by atoms with Crippen molar-refractivity contribution in [1.29, 1.82) is 0 Å². The highest BCUT2D eigenvalue weighted by atomic mass is 35.5. The predicted molar refractivity (Wildman–Crippen MR) is 89.8 cm³/mol. The average molecular weight is 372 g/mol. The van der Waals surface area contributed by atoms with Crippen molar-refractivity contribution in [3.8, 4) is 0 Å². The second kappa shape index (κ2) is 9.22. The number of hydrogen-bond acceptors (Lipinski definition) is 4.